The number of nitrogens with zero attached hydrogens (tertiary/aromatic N) is 1. The van der Waals surface area contributed by atoms with Crippen LogP contribution in [0.15, 0.2) is 36.5 Å². The maximum absolute atomic E-state index is 9.49. The van der Waals surface area contributed by atoms with Crippen LogP contribution in [0.5, 0.6) is 11.5 Å². The number of aromatic nitrogens is 1. The first-order chi connectivity index (χ1) is 9.77. The second kappa shape index (κ2) is 5.86. The number of rotatable bonds is 3. The van der Waals surface area contributed by atoms with Crippen molar-refractivity contribution in [2.45, 2.75) is 46.1 Å². The molecule has 1 heterocycles. The van der Waals surface area contributed by atoms with E-state index in [1.54, 1.807) is 19.2 Å². The maximum Gasteiger partial charge on any atom is 0.145 e. The third-order valence-corrected chi connectivity index (χ3v) is 3.36. The van der Waals surface area contributed by atoms with E-state index in [1.807, 2.05) is 19.1 Å². The molecule has 1 aromatic carbocycles. The van der Waals surface area contributed by atoms with Crippen molar-refractivity contribution in [2.75, 3.05) is 0 Å². The average molecular weight is 285 g/mol. The van der Waals surface area contributed by atoms with Gasteiger partial charge in [0.2, 0.25) is 0 Å². The van der Waals surface area contributed by atoms with Crippen LogP contribution in [0.1, 0.15) is 50.6 Å². The number of benzene rings is 1. The lowest BCUT2D eigenvalue weighted by atomic mass is 9.86. The topological polar surface area (TPSA) is 42.4 Å². The molecule has 21 heavy (non-hydrogen) atoms. The normalized spacial score (nSPS) is 13.0. The number of hydrogen-bond donors (Lipinski definition) is 1. The second-order valence-electron chi connectivity index (χ2n) is 6.45. The minimum atomic E-state index is -0.567. The summed E-state index contributed by atoms with van der Waals surface area (Å²) in [6, 6.07) is 9.88. The zero-order valence-corrected chi connectivity index (χ0v) is 13.3. The summed E-state index contributed by atoms with van der Waals surface area (Å²) in [5.74, 6) is 1.53. The molecule has 112 valence electrons. The van der Waals surface area contributed by atoms with E-state index in [4.69, 9.17) is 4.74 Å². The van der Waals surface area contributed by atoms with Gasteiger partial charge in [-0.1, -0.05) is 32.9 Å². The highest BCUT2D eigenvalue weighted by molar-refractivity contribution is 5.43. The molecule has 0 unspecified atom stereocenters. The molecule has 0 bridgehead atoms. The zero-order chi connectivity index (χ0) is 15.6. The fraction of sp³-hybridized carbons (Fsp3) is 0.389. The Morgan fingerprint density at radius 3 is 2.38 bits per heavy atom. The summed E-state index contributed by atoms with van der Waals surface area (Å²) in [6.45, 7) is 10.2. The van der Waals surface area contributed by atoms with Crippen LogP contribution >= 0.6 is 0 Å². The summed E-state index contributed by atoms with van der Waals surface area (Å²) in [5.41, 5.74) is 2.97. The summed E-state index contributed by atoms with van der Waals surface area (Å²) in [6.07, 6.45) is 1.08. The van der Waals surface area contributed by atoms with Crippen molar-refractivity contribution < 1.29 is 9.84 Å². The van der Waals surface area contributed by atoms with Gasteiger partial charge in [0.05, 0.1) is 18.0 Å². The number of pyridine rings is 1. The molecule has 0 aliphatic rings. The SMILES string of the molecule is Cc1ccc(C(C)(C)C)c(Oc2ccc([C@H](C)O)nc2)c1. The first-order valence-electron chi connectivity index (χ1n) is 7.20. The third kappa shape index (κ3) is 3.82. The van der Waals surface area contributed by atoms with Crippen molar-refractivity contribution in [3.63, 3.8) is 0 Å². The van der Waals surface area contributed by atoms with Crippen molar-refractivity contribution in [3.8, 4) is 11.5 Å². The Hall–Kier alpha value is -1.87. The third-order valence-electron chi connectivity index (χ3n) is 3.36. The molecular weight excluding hydrogens is 262 g/mol. The van der Waals surface area contributed by atoms with Crippen molar-refractivity contribution in [1.82, 2.24) is 4.98 Å². The van der Waals surface area contributed by atoms with E-state index in [0.29, 0.717) is 11.4 Å². The van der Waals surface area contributed by atoms with Gasteiger partial charge in [0.1, 0.15) is 11.5 Å². The van der Waals surface area contributed by atoms with Crippen molar-refractivity contribution in [2.24, 2.45) is 0 Å². The van der Waals surface area contributed by atoms with E-state index >= 15 is 0 Å². The molecule has 0 saturated carbocycles. The van der Waals surface area contributed by atoms with Crippen molar-refractivity contribution >= 4 is 0 Å². The maximum atomic E-state index is 9.49. The fourth-order valence-corrected chi connectivity index (χ4v) is 2.16. The molecule has 0 aliphatic carbocycles. The first-order valence-corrected chi connectivity index (χ1v) is 7.20. The van der Waals surface area contributed by atoms with Crippen LogP contribution in [-0.4, -0.2) is 10.1 Å². The van der Waals surface area contributed by atoms with Gasteiger partial charge < -0.3 is 9.84 Å². The standard InChI is InChI=1S/C18H23NO2/c1-12-6-8-15(18(3,4)5)17(10-12)21-14-7-9-16(13(2)20)19-11-14/h6-11,13,20H,1-5H3/t13-/m0/s1. The minimum Gasteiger partial charge on any atom is -0.455 e. The highest BCUT2D eigenvalue weighted by Gasteiger charge is 2.19. The van der Waals surface area contributed by atoms with E-state index in [-0.39, 0.29) is 5.41 Å². The molecule has 0 saturated heterocycles. The molecule has 2 rings (SSSR count). The van der Waals surface area contributed by atoms with Crippen LogP contribution in [0.4, 0.5) is 0 Å². The van der Waals surface area contributed by atoms with E-state index < -0.39 is 6.10 Å². The molecule has 1 N–H and O–H groups in total. The lowest BCUT2D eigenvalue weighted by Gasteiger charge is -2.23. The molecule has 1 aromatic heterocycles. The number of aryl methyl sites for hydroxylation is 1. The Balaban J connectivity index is 2.32. The molecule has 0 aliphatic heterocycles. The van der Waals surface area contributed by atoms with Crippen molar-refractivity contribution in [3.05, 3.63) is 53.3 Å². The second-order valence-corrected chi connectivity index (χ2v) is 6.45. The Morgan fingerprint density at radius 1 is 1.14 bits per heavy atom. The van der Waals surface area contributed by atoms with E-state index in [1.165, 1.54) is 0 Å². The van der Waals surface area contributed by atoms with Crippen LogP contribution < -0.4 is 4.74 Å². The lowest BCUT2D eigenvalue weighted by Crippen LogP contribution is -2.12. The van der Waals surface area contributed by atoms with Crippen LogP contribution in [-0.2, 0) is 5.41 Å². The number of aliphatic hydroxyl groups is 1. The van der Waals surface area contributed by atoms with Crippen LogP contribution in [0.25, 0.3) is 0 Å². The molecule has 2 aromatic rings. The summed E-state index contributed by atoms with van der Waals surface area (Å²) in [5, 5.41) is 9.49. The van der Waals surface area contributed by atoms with Gasteiger partial charge in [-0.2, -0.15) is 0 Å². The van der Waals surface area contributed by atoms with E-state index in [2.05, 4.69) is 37.9 Å². The van der Waals surface area contributed by atoms with E-state index in [9.17, 15) is 5.11 Å². The number of ether oxygens (including phenoxy) is 1. The Bertz CT molecular complexity index is 610. The van der Waals surface area contributed by atoms with Gasteiger partial charge in [-0.3, -0.25) is 4.98 Å². The average Bonchev–Trinajstić information content (AvgIpc) is 2.38. The number of hydrogen-bond acceptors (Lipinski definition) is 3. The van der Waals surface area contributed by atoms with Gasteiger partial charge >= 0.3 is 0 Å². The molecule has 0 spiro atoms. The quantitative estimate of drug-likeness (QED) is 0.900. The predicted molar refractivity (Wildman–Crippen MR) is 84.8 cm³/mol. The smallest absolute Gasteiger partial charge is 0.145 e. The molecule has 0 amide bonds. The van der Waals surface area contributed by atoms with Gasteiger partial charge in [0, 0.05) is 5.56 Å². The molecule has 3 heteroatoms. The van der Waals surface area contributed by atoms with Crippen LogP contribution in [0.3, 0.4) is 0 Å². The minimum absolute atomic E-state index is 0.00994. The Kier molecular flexibility index (Phi) is 4.33. The van der Waals surface area contributed by atoms with Crippen molar-refractivity contribution in [1.29, 1.82) is 0 Å². The van der Waals surface area contributed by atoms with Gasteiger partial charge in [0.15, 0.2) is 0 Å². The van der Waals surface area contributed by atoms with Crippen LogP contribution in [0, 0.1) is 6.92 Å². The zero-order valence-electron chi connectivity index (χ0n) is 13.3. The highest BCUT2D eigenvalue weighted by Crippen LogP contribution is 2.34. The summed E-state index contributed by atoms with van der Waals surface area (Å²) in [7, 11) is 0. The van der Waals surface area contributed by atoms with Crippen LogP contribution in [0.2, 0.25) is 0 Å². The highest BCUT2D eigenvalue weighted by atomic mass is 16.5. The molecule has 3 nitrogen and oxygen atoms in total. The molecule has 0 radical (unpaired) electrons. The molecular formula is C18H23NO2. The van der Waals surface area contributed by atoms with Gasteiger partial charge in [-0.15, -0.1) is 0 Å². The van der Waals surface area contributed by atoms with E-state index in [0.717, 1.165) is 16.9 Å². The fourth-order valence-electron chi connectivity index (χ4n) is 2.16. The predicted octanol–water partition coefficient (Wildman–Crippen LogP) is 4.53. The Labute approximate surface area is 126 Å². The lowest BCUT2D eigenvalue weighted by molar-refractivity contribution is 0.194. The van der Waals surface area contributed by atoms with Gasteiger partial charge in [0.25, 0.3) is 0 Å². The monoisotopic (exact) mass is 285 g/mol. The summed E-state index contributed by atoms with van der Waals surface area (Å²) >= 11 is 0. The van der Waals surface area contributed by atoms with Gasteiger partial charge in [-0.05, 0) is 43.0 Å². The largest absolute Gasteiger partial charge is 0.455 e. The summed E-state index contributed by atoms with van der Waals surface area (Å²) in [4.78, 5) is 4.21. The summed E-state index contributed by atoms with van der Waals surface area (Å²) < 4.78 is 6.01. The number of aliphatic hydroxyl groups excluding tert-OH is 1. The molecule has 1 atom stereocenters. The Morgan fingerprint density at radius 2 is 1.86 bits per heavy atom. The molecule has 0 fully saturated rings. The first kappa shape index (κ1) is 15.5. The van der Waals surface area contributed by atoms with Gasteiger partial charge in [-0.25, -0.2) is 0 Å².